The molecule has 0 bridgehead atoms. The fraction of sp³-hybridized carbons (Fsp3) is 0.364. The first-order valence-electron chi connectivity index (χ1n) is 10.6. The molecule has 168 valence electrons. The zero-order valence-corrected chi connectivity index (χ0v) is 18.5. The molecular formula is C22H24N4O5S. The molecule has 0 spiro atoms. The minimum absolute atomic E-state index is 0.147. The Hall–Kier alpha value is -2.95. The molecule has 3 heterocycles. The van der Waals surface area contributed by atoms with Crippen LogP contribution in [-0.4, -0.2) is 67.0 Å². The molecule has 2 aliphatic heterocycles. The first-order valence-corrected chi connectivity index (χ1v) is 12.0. The molecular weight excluding hydrogens is 432 g/mol. The number of ether oxygens (including phenoxy) is 2. The zero-order chi connectivity index (χ0) is 22.3. The van der Waals surface area contributed by atoms with E-state index in [1.165, 1.54) is 10.4 Å². The van der Waals surface area contributed by atoms with Crippen LogP contribution in [0.3, 0.4) is 0 Å². The number of para-hydroxylation sites is 1. The minimum Gasteiger partial charge on any atom is -0.486 e. The van der Waals surface area contributed by atoms with E-state index in [1.54, 1.807) is 18.2 Å². The van der Waals surface area contributed by atoms with Gasteiger partial charge in [0.05, 0.1) is 21.8 Å². The molecule has 2 aliphatic rings. The highest BCUT2D eigenvalue weighted by Gasteiger charge is 2.32. The number of hydrogen-bond acceptors (Lipinski definition) is 7. The molecule has 0 amide bonds. The summed E-state index contributed by atoms with van der Waals surface area (Å²) >= 11 is 0. The third kappa shape index (κ3) is 3.74. The van der Waals surface area contributed by atoms with Crippen LogP contribution in [0, 0.1) is 0 Å². The van der Waals surface area contributed by atoms with Crippen LogP contribution in [0.25, 0.3) is 10.9 Å². The molecule has 32 heavy (non-hydrogen) atoms. The number of piperazine rings is 1. The molecule has 5 rings (SSSR count). The van der Waals surface area contributed by atoms with E-state index < -0.39 is 10.0 Å². The predicted molar refractivity (Wildman–Crippen MR) is 119 cm³/mol. The number of nitrogens with one attached hydrogen (secondary N) is 1. The van der Waals surface area contributed by atoms with Crippen LogP contribution in [0.1, 0.15) is 18.8 Å². The van der Waals surface area contributed by atoms with E-state index >= 15 is 0 Å². The topological polar surface area (TPSA) is 105 Å². The Morgan fingerprint density at radius 1 is 1.00 bits per heavy atom. The van der Waals surface area contributed by atoms with Crippen molar-refractivity contribution in [3.63, 3.8) is 0 Å². The third-order valence-corrected chi connectivity index (χ3v) is 7.89. The van der Waals surface area contributed by atoms with E-state index in [1.807, 2.05) is 25.1 Å². The zero-order valence-electron chi connectivity index (χ0n) is 17.7. The Morgan fingerprint density at radius 2 is 1.72 bits per heavy atom. The molecule has 1 fully saturated rings. The first kappa shape index (κ1) is 20.9. The van der Waals surface area contributed by atoms with Crippen molar-refractivity contribution in [1.82, 2.24) is 19.2 Å². The van der Waals surface area contributed by atoms with Crippen molar-refractivity contribution in [3.05, 3.63) is 58.6 Å². The Morgan fingerprint density at radius 3 is 2.50 bits per heavy atom. The van der Waals surface area contributed by atoms with Crippen molar-refractivity contribution in [3.8, 4) is 11.5 Å². The van der Waals surface area contributed by atoms with E-state index in [9.17, 15) is 13.2 Å². The van der Waals surface area contributed by atoms with Crippen LogP contribution in [0.2, 0.25) is 0 Å². The average Bonchev–Trinajstić information content (AvgIpc) is 2.83. The number of fused-ring (bicyclic) bond motifs is 2. The highest BCUT2D eigenvalue weighted by molar-refractivity contribution is 7.89. The van der Waals surface area contributed by atoms with Gasteiger partial charge in [-0.15, -0.1) is 0 Å². The summed E-state index contributed by atoms with van der Waals surface area (Å²) in [5, 5.41) is 0.554. The van der Waals surface area contributed by atoms with Gasteiger partial charge in [0.15, 0.2) is 11.5 Å². The maximum atomic E-state index is 13.2. The fourth-order valence-corrected chi connectivity index (χ4v) is 5.58. The average molecular weight is 457 g/mol. The van der Waals surface area contributed by atoms with Crippen molar-refractivity contribution in [1.29, 1.82) is 0 Å². The van der Waals surface area contributed by atoms with Gasteiger partial charge >= 0.3 is 0 Å². The van der Waals surface area contributed by atoms with Gasteiger partial charge in [-0.05, 0) is 31.2 Å². The lowest BCUT2D eigenvalue weighted by Gasteiger charge is -2.37. The summed E-state index contributed by atoms with van der Waals surface area (Å²) in [5.74, 6) is 1.60. The van der Waals surface area contributed by atoms with Crippen LogP contribution in [0.5, 0.6) is 11.5 Å². The van der Waals surface area contributed by atoms with Crippen LogP contribution in [-0.2, 0) is 10.0 Å². The normalized spacial score (nSPS) is 18.5. The highest BCUT2D eigenvalue weighted by atomic mass is 32.2. The maximum Gasteiger partial charge on any atom is 0.258 e. The first-order chi connectivity index (χ1) is 15.4. The predicted octanol–water partition coefficient (Wildman–Crippen LogP) is 1.76. The van der Waals surface area contributed by atoms with Gasteiger partial charge in [-0.3, -0.25) is 9.69 Å². The Bertz CT molecular complexity index is 1320. The van der Waals surface area contributed by atoms with E-state index in [0.717, 1.165) is 0 Å². The second kappa shape index (κ2) is 8.19. The number of benzene rings is 2. The number of aromatic amines is 1. The molecule has 2 aromatic carbocycles. The van der Waals surface area contributed by atoms with Gasteiger partial charge in [-0.1, -0.05) is 12.1 Å². The van der Waals surface area contributed by atoms with Gasteiger partial charge in [0.25, 0.3) is 5.56 Å². The van der Waals surface area contributed by atoms with Crippen molar-refractivity contribution in [2.24, 2.45) is 0 Å². The number of hydrogen-bond donors (Lipinski definition) is 1. The second-order valence-electron chi connectivity index (χ2n) is 7.89. The molecule has 0 aliphatic carbocycles. The Balaban J connectivity index is 1.31. The summed E-state index contributed by atoms with van der Waals surface area (Å²) in [6.07, 6.45) is 0. The summed E-state index contributed by atoms with van der Waals surface area (Å²) in [6.45, 7) is 4.58. The van der Waals surface area contributed by atoms with Gasteiger partial charge in [0, 0.05) is 32.2 Å². The van der Waals surface area contributed by atoms with Crippen molar-refractivity contribution < 1.29 is 17.9 Å². The Kier molecular flexibility index (Phi) is 5.36. The number of aromatic nitrogens is 2. The molecule has 1 N–H and O–H groups in total. The van der Waals surface area contributed by atoms with Gasteiger partial charge in [-0.2, -0.15) is 4.31 Å². The molecule has 10 heteroatoms. The third-order valence-electron chi connectivity index (χ3n) is 6.00. The van der Waals surface area contributed by atoms with Crippen LogP contribution < -0.4 is 15.0 Å². The van der Waals surface area contributed by atoms with Gasteiger partial charge in [-0.25, -0.2) is 13.4 Å². The lowest BCUT2D eigenvalue weighted by Crippen LogP contribution is -2.49. The van der Waals surface area contributed by atoms with E-state index in [4.69, 9.17) is 9.47 Å². The van der Waals surface area contributed by atoms with E-state index in [2.05, 4.69) is 14.9 Å². The molecule has 1 aromatic heterocycles. The summed E-state index contributed by atoms with van der Waals surface area (Å²) in [4.78, 5) is 22.2. The maximum absolute atomic E-state index is 13.2. The summed E-state index contributed by atoms with van der Waals surface area (Å²) in [6, 6.07) is 11.8. The lowest BCUT2D eigenvalue weighted by molar-refractivity contribution is 0.141. The molecule has 0 saturated carbocycles. The number of sulfonamides is 1. The van der Waals surface area contributed by atoms with Gasteiger partial charge < -0.3 is 14.5 Å². The highest BCUT2D eigenvalue weighted by Crippen LogP contribution is 2.33. The lowest BCUT2D eigenvalue weighted by atomic mass is 10.2. The smallest absolute Gasteiger partial charge is 0.258 e. The van der Waals surface area contributed by atoms with Crippen molar-refractivity contribution in [2.45, 2.75) is 17.9 Å². The van der Waals surface area contributed by atoms with Crippen LogP contribution >= 0.6 is 0 Å². The van der Waals surface area contributed by atoms with Crippen molar-refractivity contribution in [2.75, 3.05) is 39.4 Å². The van der Waals surface area contributed by atoms with E-state index in [0.29, 0.717) is 67.6 Å². The molecule has 3 aromatic rings. The minimum atomic E-state index is -3.65. The Labute approximate surface area is 185 Å². The fourth-order valence-electron chi connectivity index (χ4n) is 4.14. The van der Waals surface area contributed by atoms with Gasteiger partial charge in [0.1, 0.15) is 19.0 Å². The number of nitrogens with zero attached hydrogens (tertiary/aromatic N) is 3. The largest absolute Gasteiger partial charge is 0.486 e. The number of rotatable bonds is 4. The van der Waals surface area contributed by atoms with Gasteiger partial charge in [0.2, 0.25) is 10.0 Å². The summed E-state index contributed by atoms with van der Waals surface area (Å²) < 4.78 is 38.8. The molecule has 9 nitrogen and oxygen atoms in total. The SMILES string of the molecule is C[C@H](c1nc2ccccc2c(=O)[nH]1)N1CCN(S(=O)(=O)c2ccc3c(c2)OCCO3)CC1. The molecule has 0 radical (unpaired) electrons. The van der Waals surface area contributed by atoms with Crippen LogP contribution in [0.15, 0.2) is 52.2 Å². The molecule has 1 atom stereocenters. The molecule has 0 unspecified atom stereocenters. The van der Waals surface area contributed by atoms with Crippen molar-refractivity contribution >= 4 is 20.9 Å². The second-order valence-corrected chi connectivity index (χ2v) is 9.83. The number of H-pyrrole nitrogens is 1. The summed E-state index contributed by atoms with van der Waals surface area (Å²) in [5.41, 5.74) is 0.482. The monoisotopic (exact) mass is 456 g/mol. The molecule has 1 saturated heterocycles. The van der Waals surface area contributed by atoms with Crippen LogP contribution in [0.4, 0.5) is 0 Å². The van der Waals surface area contributed by atoms with E-state index in [-0.39, 0.29) is 16.5 Å². The summed E-state index contributed by atoms with van der Waals surface area (Å²) in [7, 11) is -3.65. The quantitative estimate of drug-likeness (QED) is 0.638. The standard InChI is InChI=1S/C22H24N4O5S/c1-15(21-23-18-5-3-2-4-17(18)22(27)24-21)25-8-10-26(11-9-25)32(28,29)16-6-7-19-20(14-16)31-13-12-30-19/h2-7,14-15H,8-13H2,1H3,(H,23,24,27)/t15-/m1/s1.